The second-order valence-corrected chi connectivity index (χ2v) is 4.80. The van der Waals surface area contributed by atoms with Gasteiger partial charge in [-0.25, -0.2) is 0 Å². The largest absolute Gasteiger partial charge is 0.494 e. The van der Waals surface area contributed by atoms with Crippen LogP contribution >= 0.6 is 0 Å². The summed E-state index contributed by atoms with van der Waals surface area (Å²) in [5.41, 5.74) is 0.974. The molecule has 5 nitrogen and oxygen atoms in total. The topological polar surface area (TPSA) is 56.8 Å². The molecule has 2 rings (SSSR count). The number of rotatable bonds is 8. The van der Waals surface area contributed by atoms with Crippen molar-refractivity contribution in [2.75, 3.05) is 20.3 Å². The van der Waals surface area contributed by atoms with Gasteiger partial charge in [-0.2, -0.15) is 0 Å². The van der Waals surface area contributed by atoms with Gasteiger partial charge in [-0.1, -0.05) is 24.3 Å². The maximum absolute atomic E-state index is 11.9. The molecule has 5 heteroatoms. The third kappa shape index (κ3) is 5.21. The fourth-order valence-corrected chi connectivity index (χ4v) is 2.04. The molecule has 0 saturated heterocycles. The van der Waals surface area contributed by atoms with Gasteiger partial charge in [0.05, 0.1) is 13.7 Å². The van der Waals surface area contributed by atoms with Crippen LogP contribution in [0.1, 0.15) is 12.5 Å². The Hall–Kier alpha value is -2.69. The summed E-state index contributed by atoms with van der Waals surface area (Å²) >= 11 is 0. The number of carbonyl (C=O) groups excluding carboxylic acids is 1. The first-order valence-corrected chi connectivity index (χ1v) is 7.47. The molecule has 0 fully saturated rings. The summed E-state index contributed by atoms with van der Waals surface area (Å²) < 4.78 is 16.1. The van der Waals surface area contributed by atoms with Crippen LogP contribution in [-0.4, -0.2) is 26.2 Å². The van der Waals surface area contributed by atoms with Gasteiger partial charge < -0.3 is 19.5 Å². The van der Waals surface area contributed by atoms with Gasteiger partial charge in [-0.05, 0) is 36.8 Å². The van der Waals surface area contributed by atoms with Gasteiger partial charge >= 0.3 is 0 Å². The lowest BCUT2D eigenvalue weighted by Crippen LogP contribution is -2.28. The van der Waals surface area contributed by atoms with Crippen molar-refractivity contribution in [3.05, 3.63) is 54.1 Å². The Labute approximate surface area is 136 Å². The molecule has 0 saturated carbocycles. The molecule has 2 aromatic rings. The third-order valence-corrected chi connectivity index (χ3v) is 3.13. The number of ether oxygens (including phenoxy) is 3. The molecule has 1 amide bonds. The number of nitrogens with one attached hydrogen (secondary N) is 1. The molecular formula is C18H21NO4. The Kier molecular flexibility index (Phi) is 6.29. The molecule has 0 aliphatic heterocycles. The minimum Gasteiger partial charge on any atom is -0.494 e. The van der Waals surface area contributed by atoms with E-state index in [-0.39, 0.29) is 12.5 Å². The number of hydrogen-bond donors (Lipinski definition) is 1. The summed E-state index contributed by atoms with van der Waals surface area (Å²) in [6, 6.07) is 14.8. The SMILES string of the molecule is CCOc1cccc(CNC(=O)COc2ccccc2OC)c1. The van der Waals surface area contributed by atoms with E-state index >= 15 is 0 Å². The second-order valence-electron chi connectivity index (χ2n) is 4.80. The highest BCUT2D eigenvalue weighted by molar-refractivity contribution is 5.77. The van der Waals surface area contributed by atoms with Gasteiger partial charge in [-0.15, -0.1) is 0 Å². The molecule has 0 aromatic heterocycles. The van der Waals surface area contributed by atoms with E-state index in [2.05, 4.69) is 5.32 Å². The molecule has 1 N–H and O–H groups in total. The molecule has 122 valence electrons. The summed E-state index contributed by atoms with van der Waals surface area (Å²) in [7, 11) is 1.56. The van der Waals surface area contributed by atoms with Gasteiger partial charge in [0, 0.05) is 6.54 Å². The van der Waals surface area contributed by atoms with E-state index in [9.17, 15) is 4.79 Å². The van der Waals surface area contributed by atoms with Crippen LogP contribution < -0.4 is 19.5 Å². The van der Waals surface area contributed by atoms with Crippen LogP contribution in [0.3, 0.4) is 0 Å². The van der Waals surface area contributed by atoms with Crippen LogP contribution in [-0.2, 0) is 11.3 Å². The van der Waals surface area contributed by atoms with Crippen LogP contribution in [0.25, 0.3) is 0 Å². The van der Waals surface area contributed by atoms with Crippen molar-refractivity contribution < 1.29 is 19.0 Å². The highest BCUT2D eigenvalue weighted by Crippen LogP contribution is 2.25. The number of hydrogen-bond acceptors (Lipinski definition) is 4. The molecule has 23 heavy (non-hydrogen) atoms. The molecule has 2 aromatic carbocycles. The van der Waals surface area contributed by atoms with E-state index < -0.39 is 0 Å². The molecule has 0 radical (unpaired) electrons. The van der Waals surface area contributed by atoms with E-state index in [4.69, 9.17) is 14.2 Å². The monoisotopic (exact) mass is 315 g/mol. The van der Waals surface area contributed by atoms with E-state index in [1.807, 2.05) is 43.3 Å². The number of para-hydroxylation sites is 2. The number of benzene rings is 2. The summed E-state index contributed by atoms with van der Waals surface area (Å²) in [6.07, 6.45) is 0. The highest BCUT2D eigenvalue weighted by Gasteiger charge is 2.07. The number of carbonyl (C=O) groups is 1. The van der Waals surface area contributed by atoms with Crippen LogP contribution in [0, 0.1) is 0 Å². The quantitative estimate of drug-likeness (QED) is 0.814. The normalized spacial score (nSPS) is 10.0. The standard InChI is InChI=1S/C18H21NO4/c1-3-22-15-8-6-7-14(11-15)12-19-18(20)13-23-17-10-5-4-9-16(17)21-2/h4-11H,3,12-13H2,1-2H3,(H,19,20). The van der Waals surface area contributed by atoms with E-state index in [1.54, 1.807) is 19.2 Å². The molecule has 0 spiro atoms. The molecule has 0 atom stereocenters. The zero-order chi connectivity index (χ0) is 16.5. The molecule has 0 bridgehead atoms. The third-order valence-electron chi connectivity index (χ3n) is 3.13. The first kappa shape index (κ1) is 16.7. The average Bonchev–Trinajstić information content (AvgIpc) is 2.59. The van der Waals surface area contributed by atoms with Crippen LogP contribution in [0.5, 0.6) is 17.2 Å². The van der Waals surface area contributed by atoms with Gasteiger partial charge in [-0.3, -0.25) is 4.79 Å². The lowest BCUT2D eigenvalue weighted by atomic mass is 10.2. The minimum atomic E-state index is -0.197. The summed E-state index contributed by atoms with van der Waals surface area (Å²) in [5.74, 6) is 1.75. The fraction of sp³-hybridized carbons (Fsp3) is 0.278. The summed E-state index contributed by atoms with van der Waals surface area (Å²) in [6.45, 7) is 2.91. The lowest BCUT2D eigenvalue weighted by Gasteiger charge is -2.11. The Morgan fingerprint density at radius 1 is 1.04 bits per heavy atom. The van der Waals surface area contributed by atoms with E-state index in [0.717, 1.165) is 11.3 Å². The molecule has 0 aliphatic carbocycles. The molecule has 0 heterocycles. The molecular weight excluding hydrogens is 294 g/mol. The van der Waals surface area contributed by atoms with Crippen molar-refractivity contribution in [3.63, 3.8) is 0 Å². The zero-order valence-corrected chi connectivity index (χ0v) is 13.4. The predicted molar refractivity (Wildman–Crippen MR) is 87.9 cm³/mol. The van der Waals surface area contributed by atoms with Crippen molar-refractivity contribution in [2.45, 2.75) is 13.5 Å². The smallest absolute Gasteiger partial charge is 0.258 e. The molecule has 0 aliphatic rings. The van der Waals surface area contributed by atoms with Crippen LogP contribution in [0.2, 0.25) is 0 Å². The fourth-order valence-electron chi connectivity index (χ4n) is 2.04. The Bertz CT molecular complexity index is 642. The number of amides is 1. The Morgan fingerprint density at radius 3 is 2.57 bits per heavy atom. The number of methoxy groups -OCH3 is 1. The first-order valence-electron chi connectivity index (χ1n) is 7.47. The zero-order valence-electron chi connectivity index (χ0n) is 13.4. The Balaban J connectivity index is 1.82. The van der Waals surface area contributed by atoms with Crippen molar-refractivity contribution in [3.8, 4) is 17.2 Å². The van der Waals surface area contributed by atoms with Crippen molar-refractivity contribution in [1.29, 1.82) is 0 Å². The highest BCUT2D eigenvalue weighted by atomic mass is 16.5. The average molecular weight is 315 g/mol. The van der Waals surface area contributed by atoms with Gasteiger partial charge in [0.1, 0.15) is 5.75 Å². The second kappa shape index (κ2) is 8.68. The lowest BCUT2D eigenvalue weighted by molar-refractivity contribution is -0.123. The Morgan fingerprint density at radius 2 is 1.83 bits per heavy atom. The summed E-state index contributed by atoms with van der Waals surface area (Å²) in [4.78, 5) is 11.9. The molecule has 0 unspecified atom stereocenters. The van der Waals surface area contributed by atoms with Crippen LogP contribution in [0.15, 0.2) is 48.5 Å². The van der Waals surface area contributed by atoms with Crippen LogP contribution in [0.4, 0.5) is 0 Å². The van der Waals surface area contributed by atoms with E-state index in [1.165, 1.54) is 0 Å². The maximum atomic E-state index is 11.9. The van der Waals surface area contributed by atoms with Gasteiger partial charge in [0.25, 0.3) is 5.91 Å². The van der Waals surface area contributed by atoms with Gasteiger partial charge in [0.2, 0.25) is 0 Å². The van der Waals surface area contributed by atoms with Crippen molar-refractivity contribution in [1.82, 2.24) is 5.32 Å². The summed E-state index contributed by atoms with van der Waals surface area (Å²) in [5, 5.41) is 2.82. The van der Waals surface area contributed by atoms with Crippen molar-refractivity contribution in [2.24, 2.45) is 0 Å². The van der Waals surface area contributed by atoms with Crippen molar-refractivity contribution >= 4 is 5.91 Å². The predicted octanol–water partition coefficient (Wildman–Crippen LogP) is 2.79. The van der Waals surface area contributed by atoms with Gasteiger partial charge in [0.15, 0.2) is 18.1 Å². The first-order chi connectivity index (χ1) is 11.2. The minimum absolute atomic E-state index is 0.0640. The maximum Gasteiger partial charge on any atom is 0.258 e. The van der Waals surface area contributed by atoms with E-state index in [0.29, 0.717) is 24.7 Å².